The maximum absolute atomic E-state index is 12.9. The Morgan fingerprint density at radius 2 is 1.93 bits per heavy atom. The summed E-state index contributed by atoms with van der Waals surface area (Å²) >= 11 is 0. The lowest BCUT2D eigenvalue weighted by molar-refractivity contribution is -0.142. The van der Waals surface area contributed by atoms with Gasteiger partial charge in [-0.15, -0.1) is 6.58 Å². The van der Waals surface area contributed by atoms with E-state index in [-0.39, 0.29) is 11.6 Å². The van der Waals surface area contributed by atoms with Crippen molar-refractivity contribution >= 4 is 25.8 Å². The van der Waals surface area contributed by atoms with Crippen molar-refractivity contribution in [3.05, 3.63) is 18.2 Å². The van der Waals surface area contributed by atoms with Gasteiger partial charge in [0.25, 0.3) is 5.78 Å². The van der Waals surface area contributed by atoms with Gasteiger partial charge < -0.3 is 19.4 Å². The molecule has 7 nitrogen and oxygen atoms in total. The maximum atomic E-state index is 12.9. The standard InChI is InChI=1S/C19H32N2O5Si/c1-8-12-25-14(9-13-26-27(6,7)18(2,3)4)19(10-11-19)16(22)15(21-20)17(23)24-5/h8,14H,1,9-13H2,2-7H3/t14-/m1/s1. The normalized spacial score (nSPS) is 16.8. The number of carbonyl (C=O) groups excluding carboxylic acids is 2. The monoisotopic (exact) mass is 396 g/mol. The number of Topliss-reactive ketones (excluding diaryl/α,β-unsaturated/α-hetero) is 1. The molecular weight excluding hydrogens is 364 g/mol. The molecule has 1 rings (SSSR count). The summed E-state index contributed by atoms with van der Waals surface area (Å²) in [6, 6.07) is 0. The summed E-state index contributed by atoms with van der Waals surface area (Å²) in [7, 11) is -0.782. The summed E-state index contributed by atoms with van der Waals surface area (Å²) in [6.45, 7) is 15.2. The van der Waals surface area contributed by atoms with Crippen molar-refractivity contribution in [1.82, 2.24) is 0 Å². The lowest BCUT2D eigenvalue weighted by atomic mass is 9.89. The highest BCUT2D eigenvalue weighted by Crippen LogP contribution is 2.52. The van der Waals surface area contributed by atoms with E-state index in [1.165, 1.54) is 0 Å². The number of esters is 1. The van der Waals surface area contributed by atoms with Gasteiger partial charge in [0, 0.05) is 6.61 Å². The fraction of sp³-hybridized carbons (Fsp3) is 0.737. The molecule has 1 atom stereocenters. The number of nitrogens with zero attached hydrogens (tertiary/aromatic N) is 2. The predicted molar refractivity (Wildman–Crippen MR) is 105 cm³/mol. The van der Waals surface area contributed by atoms with Crippen LogP contribution in [-0.4, -0.2) is 57.0 Å². The Hall–Kier alpha value is -1.60. The van der Waals surface area contributed by atoms with Crippen LogP contribution >= 0.6 is 0 Å². The number of carbonyl (C=O) groups is 2. The lowest BCUT2D eigenvalue weighted by Gasteiger charge is -2.37. The molecule has 1 aliphatic rings. The van der Waals surface area contributed by atoms with Gasteiger partial charge in [0.2, 0.25) is 0 Å². The predicted octanol–water partition coefficient (Wildman–Crippen LogP) is 3.16. The molecule has 0 heterocycles. The van der Waals surface area contributed by atoms with Crippen LogP contribution in [0.15, 0.2) is 12.7 Å². The highest BCUT2D eigenvalue weighted by atomic mass is 28.4. The molecule has 0 bridgehead atoms. The molecular formula is C19H32N2O5Si. The number of rotatable bonds is 11. The van der Waals surface area contributed by atoms with Crippen LogP contribution in [0.1, 0.15) is 40.0 Å². The Balaban J connectivity index is 2.93. The van der Waals surface area contributed by atoms with E-state index in [0.29, 0.717) is 25.9 Å². The number of hydrogen-bond donors (Lipinski definition) is 0. The second kappa shape index (κ2) is 9.06. The van der Waals surface area contributed by atoms with Crippen LogP contribution in [0.3, 0.4) is 0 Å². The fourth-order valence-corrected chi connectivity index (χ4v) is 3.74. The van der Waals surface area contributed by atoms with Crippen LogP contribution in [0, 0.1) is 5.41 Å². The molecule has 0 amide bonds. The van der Waals surface area contributed by atoms with Crippen LogP contribution in [0.25, 0.3) is 5.53 Å². The Kier molecular flexibility index (Phi) is 7.86. The van der Waals surface area contributed by atoms with Crippen molar-refractivity contribution in [3.8, 4) is 0 Å². The smallest absolute Gasteiger partial charge is 0.442 e. The Labute approximate surface area is 162 Å². The zero-order valence-electron chi connectivity index (χ0n) is 17.3. The van der Waals surface area contributed by atoms with Crippen LogP contribution in [0.2, 0.25) is 18.1 Å². The third-order valence-electron chi connectivity index (χ3n) is 5.62. The van der Waals surface area contributed by atoms with Gasteiger partial charge in [-0.1, -0.05) is 26.8 Å². The van der Waals surface area contributed by atoms with Gasteiger partial charge in [0.05, 0.1) is 25.2 Å². The van der Waals surface area contributed by atoms with E-state index in [9.17, 15) is 9.59 Å². The molecule has 0 spiro atoms. The van der Waals surface area contributed by atoms with E-state index in [0.717, 1.165) is 7.11 Å². The first kappa shape index (κ1) is 23.4. The van der Waals surface area contributed by atoms with Crippen molar-refractivity contribution in [1.29, 1.82) is 0 Å². The molecule has 27 heavy (non-hydrogen) atoms. The van der Waals surface area contributed by atoms with Crippen molar-refractivity contribution in [2.24, 2.45) is 5.41 Å². The van der Waals surface area contributed by atoms with E-state index in [2.05, 4.69) is 50.0 Å². The average Bonchev–Trinajstić information content (AvgIpc) is 3.38. The zero-order valence-corrected chi connectivity index (χ0v) is 18.3. The molecule has 1 aliphatic carbocycles. The van der Waals surface area contributed by atoms with Gasteiger partial charge in [-0.3, -0.25) is 4.79 Å². The fourth-order valence-electron chi connectivity index (χ4n) is 2.68. The third-order valence-corrected chi connectivity index (χ3v) is 10.2. The molecule has 0 aromatic heterocycles. The molecule has 1 saturated carbocycles. The number of ketones is 1. The minimum Gasteiger partial charge on any atom is -0.460 e. The molecule has 0 aliphatic heterocycles. The van der Waals surface area contributed by atoms with Gasteiger partial charge in [0.1, 0.15) is 0 Å². The molecule has 0 radical (unpaired) electrons. The molecule has 0 N–H and O–H groups in total. The number of ether oxygens (including phenoxy) is 2. The second-order valence-corrected chi connectivity index (χ2v) is 13.2. The van der Waals surface area contributed by atoms with Crippen LogP contribution in [-0.2, 0) is 23.5 Å². The average molecular weight is 397 g/mol. The molecule has 0 aromatic rings. The first-order valence-electron chi connectivity index (χ1n) is 9.18. The summed E-state index contributed by atoms with van der Waals surface area (Å²) in [5.74, 6) is -1.49. The van der Waals surface area contributed by atoms with Crippen molar-refractivity contribution < 1.29 is 28.3 Å². The Morgan fingerprint density at radius 1 is 1.33 bits per heavy atom. The van der Waals surface area contributed by atoms with E-state index in [1.54, 1.807) is 6.08 Å². The van der Waals surface area contributed by atoms with Crippen LogP contribution in [0.4, 0.5) is 0 Å². The third kappa shape index (κ3) is 5.45. The van der Waals surface area contributed by atoms with Crippen molar-refractivity contribution in [2.45, 2.75) is 64.3 Å². The summed E-state index contributed by atoms with van der Waals surface area (Å²) < 4.78 is 16.6. The minimum absolute atomic E-state index is 0.0825. The molecule has 8 heteroatoms. The van der Waals surface area contributed by atoms with Crippen LogP contribution < -0.4 is 0 Å². The van der Waals surface area contributed by atoms with Gasteiger partial charge in [-0.2, -0.15) is 4.79 Å². The Bertz CT molecular complexity index is 629. The quantitative estimate of drug-likeness (QED) is 0.102. The SMILES string of the molecule is C=CCO[C@H](CCO[Si](C)(C)C(C)(C)C)C1(C(=O)C(=[N+]=[N-])C(=O)OC)CC1. The van der Waals surface area contributed by atoms with E-state index < -0.39 is 37.3 Å². The maximum Gasteiger partial charge on any atom is 0.442 e. The largest absolute Gasteiger partial charge is 0.460 e. The highest BCUT2D eigenvalue weighted by Gasteiger charge is 2.61. The summed E-state index contributed by atoms with van der Waals surface area (Å²) in [5, 5.41) is 0.0825. The van der Waals surface area contributed by atoms with Gasteiger partial charge >= 0.3 is 11.7 Å². The van der Waals surface area contributed by atoms with Crippen molar-refractivity contribution in [3.63, 3.8) is 0 Å². The van der Waals surface area contributed by atoms with Crippen molar-refractivity contribution in [2.75, 3.05) is 20.3 Å². The molecule has 0 aromatic carbocycles. The van der Waals surface area contributed by atoms with E-state index in [1.807, 2.05) is 0 Å². The first-order chi connectivity index (χ1) is 12.5. The molecule has 152 valence electrons. The van der Waals surface area contributed by atoms with Gasteiger partial charge in [-0.25, -0.2) is 4.79 Å². The molecule has 0 unspecified atom stereocenters. The lowest BCUT2D eigenvalue weighted by Crippen LogP contribution is -2.44. The Morgan fingerprint density at radius 3 is 2.33 bits per heavy atom. The summed E-state index contributed by atoms with van der Waals surface area (Å²) in [4.78, 5) is 27.5. The van der Waals surface area contributed by atoms with E-state index >= 15 is 0 Å². The zero-order chi connectivity index (χ0) is 20.9. The number of methoxy groups -OCH3 is 1. The van der Waals surface area contributed by atoms with E-state index in [4.69, 9.17) is 14.7 Å². The van der Waals surface area contributed by atoms with Gasteiger partial charge in [0.15, 0.2) is 8.32 Å². The summed E-state index contributed by atoms with van der Waals surface area (Å²) in [5.41, 5.74) is 7.64. The van der Waals surface area contributed by atoms with Crippen LogP contribution in [0.5, 0.6) is 0 Å². The first-order valence-corrected chi connectivity index (χ1v) is 12.1. The second-order valence-electron chi connectivity index (χ2n) is 8.43. The molecule has 0 saturated heterocycles. The number of hydrogen-bond acceptors (Lipinski definition) is 5. The minimum atomic E-state index is -1.92. The topological polar surface area (TPSA) is 98.2 Å². The highest BCUT2D eigenvalue weighted by molar-refractivity contribution is 6.74. The molecule has 1 fully saturated rings. The van der Waals surface area contributed by atoms with Gasteiger partial charge in [-0.05, 0) is 37.4 Å². The summed E-state index contributed by atoms with van der Waals surface area (Å²) in [6.07, 6.45) is 2.79.